The molecule has 49 heavy (non-hydrogen) atoms. The average Bonchev–Trinajstić information content (AvgIpc) is 3.43. The maximum absolute atomic E-state index is 15.5. The second-order valence-corrected chi connectivity index (χ2v) is 13.5. The fourth-order valence-electron chi connectivity index (χ4n) is 7.00. The summed E-state index contributed by atoms with van der Waals surface area (Å²) < 4.78 is 17.5. The molecule has 1 aliphatic rings. The lowest BCUT2D eigenvalue weighted by Crippen LogP contribution is -2.47. The van der Waals surface area contributed by atoms with Crippen molar-refractivity contribution in [2.24, 2.45) is 0 Å². The van der Waals surface area contributed by atoms with Crippen molar-refractivity contribution in [3.05, 3.63) is 149 Å². The summed E-state index contributed by atoms with van der Waals surface area (Å²) in [4.78, 5) is 17.5. The van der Waals surface area contributed by atoms with E-state index >= 15 is 4.79 Å². The van der Waals surface area contributed by atoms with Crippen LogP contribution in [0.2, 0.25) is 0 Å². The summed E-state index contributed by atoms with van der Waals surface area (Å²) in [5, 5.41) is 0.900. The zero-order valence-electron chi connectivity index (χ0n) is 28.6. The number of alkyl halides is 1. The first-order chi connectivity index (χ1) is 24.0. The highest BCUT2D eigenvalue weighted by atomic mass is 79.9. The van der Waals surface area contributed by atoms with Gasteiger partial charge >= 0.3 is 0 Å². The molecule has 0 radical (unpaired) electrons. The third kappa shape index (κ3) is 7.40. The maximum Gasteiger partial charge on any atom is 0.238 e. The lowest BCUT2D eigenvalue weighted by atomic mass is 9.73. The topological polar surface area (TPSA) is 48.0 Å². The van der Waals surface area contributed by atoms with Crippen molar-refractivity contribution in [3.63, 3.8) is 0 Å². The van der Waals surface area contributed by atoms with Crippen molar-refractivity contribution in [1.29, 1.82) is 0 Å². The van der Waals surface area contributed by atoms with Crippen molar-refractivity contribution in [2.45, 2.75) is 51.2 Å². The highest BCUT2D eigenvalue weighted by molar-refractivity contribution is 9.09. The second-order valence-electron chi connectivity index (χ2n) is 12.7. The first-order valence-corrected chi connectivity index (χ1v) is 18.1. The van der Waals surface area contributed by atoms with Crippen LogP contribution in [0.5, 0.6) is 17.2 Å². The van der Waals surface area contributed by atoms with Gasteiger partial charge < -0.3 is 19.1 Å². The Bertz CT molecular complexity index is 1820. The predicted octanol–water partition coefficient (Wildman–Crippen LogP) is 9.69. The van der Waals surface area contributed by atoms with Crippen molar-refractivity contribution < 1.29 is 19.0 Å². The quantitative estimate of drug-likeness (QED) is 0.0800. The van der Waals surface area contributed by atoms with Gasteiger partial charge in [0.15, 0.2) is 0 Å². The summed E-state index contributed by atoms with van der Waals surface area (Å²) in [7, 11) is 3.35. The molecule has 5 nitrogen and oxygen atoms in total. The van der Waals surface area contributed by atoms with Crippen molar-refractivity contribution >= 4 is 21.8 Å². The number of aryl methyl sites for hydroxylation is 1. The van der Waals surface area contributed by atoms with Crippen molar-refractivity contribution in [3.8, 4) is 28.4 Å². The molecule has 5 aromatic rings. The highest BCUT2D eigenvalue weighted by Crippen LogP contribution is 2.52. The van der Waals surface area contributed by atoms with Crippen LogP contribution in [0.3, 0.4) is 0 Å². The van der Waals surface area contributed by atoms with Crippen LogP contribution in [-0.2, 0) is 29.8 Å². The van der Waals surface area contributed by atoms with Crippen LogP contribution in [0.15, 0.2) is 115 Å². The third-order valence-electron chi connectivity index (χ3n) is 9.63. The highest BCUT2D eigenvalue weighted by Gasteiger charge is 2.50. The molecule has 0 unspecified atom stereocenters. The lowest BCUT2D eigenvalue weighted by Gasteiger charge is -2.37. The molecule has 6 rings (SSSR count). The second kappa shape index (κ2) is 15.8. The molecular formula is C43H44BrNO4. The Kier molecular flexibility index (Phi) is 11.0. The average molecular weight is 719 g/mol. The van der Waals surface area contributed by atoms with Gasteiger partial charge in [-0.25, -0.2) is 0 Å². The number of hydrogen-bond donors (Lipinski definition) is 0. The summed E-state index contributed by atoms with van der Waals surface area (Å²) in [6.07, 6.45) is 3.34. The van der Waals surface area contributed by atoms with Crippen molar-refractivity contribution in [1.82, 2.24) is 4.90 Å². The largest absolute Gasteiger partial charge is 0.497 e. The van der Waals surface area contributed by atoms with Crippen LogP contribution in [0.25, 0.3) is 11.1 Å². The molecule has 0 aliphatic heterocycles. The van der Waals surface area contributed by atoms with Crippen LogP contribution in [-0.4, -0.2) is 36.9 Å². The maximum atomic E-state index is 15.5. The van der Waals surface area contributed by atoms with Gasteiger partial charge in [0.05, 0.1) is 14.2 Å². The van der Waals surface area contributed by atoms with Gasteiger partial charge in [0.2, 0.25) is 5.91 Å². The lowest BCUT2D eigenvalue weighted by molar-refractivity contribution is -0.136. The van der Waals surface area contributed by atoms with E-state index in [0.717, 1.165) is 75.0 Å². The molecular weight excluding hydrogens is 674 g/mol. The molecule has 0 heterocycles. The van der Waals surface area contributed by atoms with Crippen LogP contribution >= 0.6 is 15.9 Å². The molecule has 0 spiro atoms. The number of hydrogen-bond acceptors (Lipinski definition) is 4. The van der Waals surface area contributed by atoms with Gasteiger partial charge in [0, 0.05) is 30.0 Å². The minimum atomic E-state index is -0.792. The summed E-state index contributed by atoms with van der Waals surface area (Å²) in [5.74, 6) is 2.36. The summed E-state index contributed by atoms with van der Waals surface area (Å²) in [6.45, 7) is 3.49. The molecule has 5 aromatic carbocycles. The van der Waals surface area contributed by atoms with Crippen LogP contribution in [0.4, 0.5) is 0 Å². The van der Waals surface area contributed by atoms with Gasteiger partial charge in [0.1, 0.15) is 29.3 Å². The number of carbonyl (C=O) groups excluding carboxylic acids is 1. The number of halogens is 1. The standard InChI is InChI=1S/C43H44BrNO4/c1-31-14-16-33(17-15-31)30-49-36-23-20-34(41(28-36)48-3)29-45(27-24-32-18-21-35(47-2)22-19-32)42(46)43(25-8-9-26-44)39-12-6-4-10-37(39)38-11-5-7-13-40(38)43/h4-7,10-23,28H,8-9,24-27,29-30H2,1-3H3. The minimum Gasteiger partial charge on any atom is -0.497 e. The first-order valence-electron chi connectivity index (χ1n) is 17.0. The third-order valence-corrected chi connectivity index (χ3v) is 10.2. The molecule has 0 saturated heterocycles. The Morgan fingerprint density at radius 1 is 0.735 bits per heavy atom. The van der Waals surface area contributed by atoms with Crippen LogP contribution < -0.4 is 14.2 Å². The zero-order chi connectivity index (χ0) is 34.2. The van der Waals surface area contributed by atoms with Gasteiger partial charge in [-0.1, -0.05) is 113 Å². The van der Waals surface area contributed by atoms with Gasteiger partial charge in [0.25, 0.3) is 0 Å². The molecule has 1 aliphatic carbocycles. The summed E-state index contributed by atoms with van der Waals surface area (Å²) in [5.41, 5.74) is 8.09. The van der Waals surface area contributed by atoms with Crippen molar-refractivity contribution in [2.75, 3.05) is 26.1 Å². The number of methoxy groups -OCH3 is 2. The fourth-order valence-corrected chi connectivity index (χ4v) is 7.39. The Morgan fingerprint density at radius 3 is 2.00 bits per heavy atom. The Hall–Kier alpha value is -4.55. The number of unbranched alkanes of at least 4 members (excludes halogenated alkanes) is 1. The van der Waals surface area contributed by atoms with E-state index < -0.39 is 5.41 Å². The molecule has 0 bridgehead atoms. The smallest absolute Gasteiger partial charge is 0.238 e. The van der Waals surface area contributed by atoms with Gasteiger partial charge in [-0.05, 0) is 83.8 Å². The normalized spacial score (nSPS) is 12.6. The molecule has 0 N–H and O–H groups in total. The first kappa shape index (κ1) is 34.3. The molecule has 1 amide bonds. The molecule has 0 atom stereocenters. The van der Waals surface area contributed by atoms with Gasteiger partial charge in [-0.2, -0.15) is 0 Å². The minimum absolute atomic E-state index is 0.120. The van der Waals surface area contributed by atoms with E-state index in [4.69, 9.17) is 14.2 Å². The summed E-state index contributed by atoms with van der Waals surface area (Å²) in [6, 6.07) is 39.3. The monoisotopic (exact) mass is 717 g/mol. The number of benzene rings is 5. The number of ether oxygens (including phenoxy) is 3. The van der Waals surface area contributed by atoms with E-state index in [9.17, 15) is 0 Å². The Morgan fingerprint density at radius 2 is 1.37 bits per heavy atom. The zero-order valence-corrected chi connectivity index (χ0v) is 30.2. The van der Waals surface area contributed by atoms with E-state index in [1.54, 1.807) is 14.2 Å². The number of rotatable bonds is 15. The summed E-state index contributed by atoms with van der Waals surface area (Å²) >= 11 is 3.63. The Balaban J connectivity index is 1.36. The number of carbonyl (C=O) groups is 1. The van der Waals surface area contributed by atoms with E-state index in [1.807, 2.05) is 35.2 Å². The van der Waals surface area contributed by atoms with Crippen LogP contribution in [0, 0.1) is 6.92 Å². The number of fused-ring (bicyclic) bond motifs is 3. The predicted molar refractivity (Wildman–Crippen MR) is 201 cm³/mol. The molecule has 0 aromatic heterocycles. The van der Waals surface area contributed by atoms with E-state index in [0.29, 0.717) is 31.9 Å². The Labute approximate surface area is 299 Å². The molecule has 252 valence electrons. The van der Waals surface area contributed by atoms with E-state index in [1.165, 1.54) is 5.56 Å². The van der Waals surface area contributed by atoms with Gasteiger partial charge in [-0.15, -0.1) is 0 Å². The molecule has 6 heteroatoms. The molecule has 0 saturated carbocycles. The SMILES string of the molecule is COc1ccc(CCN(Cc2ccc(OCc3ccc(C)cc3)cc2OC)C(=O)C2(CCCCBr)c3ccccc3-c3ccccc32)cc1. The van der Waals surface area contributed by atoms with Crippen LogP contribution in [0.1, 0.15) is 52.6 Å². The number of nitrogens with zero attached hydrogens (tertiary/aromatic N) is 1. The van der Waals surface area contributed by atoms with E-state index in [-0.39, 0.29) is 5.91 Å². The van der Waals surface area contributed by atoms with E-state index in [2.05, 4.69) is 108 Å². The molecule has 0 fully saturated rings. The number of amides is 1. The fraction of sp³-hybridized carbons (Fsp3) is 0.279. The van der Waals surface area contributed by atoms with Gasteiger partial charge in [-0.3, -0.25) is 4.79 Å².